The monoisotopic (exact) mass is 154 g/mol. The molecular formula is C8H14N2O. The third-order valence-corrected chi connectivity index (χ3v) is 1.80. The Morgan fingerprint density at radius 2 is 2.45 bits per heavy atom. The molecule has 3 heteroatoms. The third-order valence-electron chi connectivity index (χ3n) is 1.80. The van der Waals surface area contributed by atoms with Gasteiger partial charge >= 0.3 is 0 Å². The van der Waals surface area contributed by atoms with Crippen LogP contribution in [0.2, 0.25) is 0 Å². The summed E-state index contributed by atoms with van der Waals surface area (Å²) in [6, 6.07) is 0. The van der Waals surface area contributed by atoms with Crippen molar-refractivity contribution in [3.8, 4) is 0 Å². The second kappa shape index (κ2) is 4.01. The van der Waals surface area contributed by atoms with Gasteiger partial charge in [-0.05, 0) is 25.5 Å². The summed E-state index contributed by atoms with van der Waals surface area (Å²) in [5, 5.41) is 5.85. The predicted molar refractivity (Wildman–Crippen MR) is 43.7 cm³/mol. The number of hydrogen-bond acceptors (Lipinski definition) is 2. The van der Waals surface area contributed by atoms with E-state index in [1.807, 2.05) is 0 Å². The van der Waals surface area contributed by atoms with E-state index in [0.29, 0.717) is 6.42 Å². The minimum atomic E-state index is 0.0995. The van der Waals surface area contributed by atoms with Gasteiger partial charge in [0.2, 0.25) is 5.91 Å². The number of nitrogens with one attached hydrogen (secondary N) is 2. The lowest BCUT2D eigenvalue weighted by Gasteiger charge is -2.14. The molecule has 0 saturated carbocycles. The summed E-state index contributed by atoms with van der Waals surface area (Å²) >= 11 is 0. The molecule has 1 saturated heterocycles. The highest BCUT2D eigenvalue weighted by Crippen LogP contribution is 2.06. The molecule has 62 valence electrons. The first kappa shape index (κ1) is 8.11. The van der Waals surface area contributed by atoms with Gasteiger partial charge in [-0.1, -0.05) is 6.58 Å². The number of carbonyl (C=O) groups is 1. The molecule has 0 spiro atoms. The minimum absolute atomic E-state index is 0.0995. The highest BCUT2D eigenvalue weighted by Gasteiger charge is 2.13. The Balaban J connectivity index is 2.38. The van der Waals surface area contributed by atoms with Gasteiger partial charge in [-0.25, -0.2) is 0 Å². The van der Waals surface area contributed by atoms with Crippen molar-refractivity contribution in [2.45, 2.75) is 31.8 Å². The third kappa shape index (κ3) is 2.62. The summed E-state index contributed by atoms with van der Waals surface area (Å²) in [7, 11) is 0. The van der Waals surface area contributed by atoms with E-state index < -0.39 is 0 Å². The molecule has 0 aromatic heterocycles. The summed E-state index contributed by atoms with van der Waals surface area (Å²) in [4.78, 5) is 11.0. The maximum Gasteiger partial charge on any atom is 0.221 e. The topological polar surface area (TPSA) is 41.1 Å². The molecule has 1 atom stereocenters. The minimum Gasteiger partial charge on any atom is -0.372 e. The molecule has 1 heterocycles. The predicted octanol–water partition coefficient (Wildman–Crippen LogP) is 0.736. The molecule has 1 aliphatic heterocycles. The van der Waals surface area contributed by atoms with E-state index in [-0.39, 0.29) is 12.1 Å². The zero-order chi connectivity index (χ0) is 8.10. The maximum absolute atomic E-state index is 11.0. The van der Waals surface area contributed by atoms with Gasteiger partial charge in [-0.15, -0.1) is 0 Å². The molecule has 0 bridgehead atoms. The van der Waals surface area contributed by atoms with Gasteiger partial charge in [0.15, 0.2) is 0 Å². The van der Waals surface area contributed by atoms with Crippen molar-refractivity contribution in [2.75, 3.05) is 0 Å². The fourth-order valence-electron chi connectivity index (χ4n) is 1.24. The van der Waals surface area contributed by atoms with E-state index in [1.165, 1.54) is 0 Å². The number of hydrogen-bond donors (Lipinski definition) is 2. The van der Waals surface area contributed by atoms with Crippen LogP contribution in [-0.2, 0) is 4.79 Å². The fraction of sp³-hybridized carbons (Fsp3) is 0.625. The van der Waals surface area contributed by atoms with Crippen molar-refractivity contribution in [3.05, 3.63) is 12.8 Å². The molecule has 0 aliphatic carbocycles. The van der Waals surface area contributed by atoms with Gasteiger partial charge in [0.05, 0.1) is 6.17 Å². The molecule has 1 amide bonds. The van der Waals surface area contributed by atoms with E-state index in [1.54, 1.807) is 6.20 Å². The molecule has 3 nitrogen and oxygen atoms in total. The van der Waals surface area contributed by atoms with Crippen LogP contribution in [0.25, 0.3) is 0 Å². The van der Waals surface area contributed by atoms with Gasteiger partial charge in [-0.3, -0.25) is 4.79 Å². The first-order valence-corrected chi connectivity index (χ1v) is 3.99. The highest BCUT2D eigenvalue weighted by atomic mass is 16.1. The summed E-state index contributed by atoms with van der Waals surface area (Å²) in [6.45, 7) is 3.55. The zero-order valence-corrected chi connectivity index (χ0v) is 6.60. The van der Waals surface area contributed by atoms with Crippen molar-refractivity contribution in [3.63, 3.8) is 0 Å². The summed E-state index contributed by atoms with van der Waals surface area (Å²) in [5.41, 5.74) is 0. The van der Waals surface area contributed by atoms with E-state index in [9.17, 15) is 4.79 Å². The second-order valence-corrected chi connectivity index (χ2v) is 2.74. The zero-order valence-electron chi connectivity index (χ0n) is 6.60. The van der Waals surface area contributed by atoms with Crippen molar-refractivity contribution >= 4 is 5.91 Å². The maximum atomic E-state index is 11.0. The quantitative estimate of drug-likeness (QED) is 0.615. The molecule has 1 aliphatic rings. The van der Waals surface area contributed by atoms with Crippen LogP contribution in [0.4, 0.5) is 0 Å². The van der Waals surface area contributed by atoms with Crippen LogP contribution in [0.1, 0.15) is 25.7 Å². The van der Waals surface area contributed by atoms with Gasteiger partial charge in [0, 0.05) is 6.42 Å². The van der Waals surface area contributed by atoms with Crippen LogP contribution in [0, 0.1) is 0 Å². The Kier molecular flexibility index (Phi) is 2.95. The van der Waals surface area contributed by atoms with Crippen molar-refractivity contribution in [2.24, 2.45) is 0 Å². The Morgan fingerprint density at radius 3 is 3.18 bits per heavy atom. The molecule has 0 aromatic carbocycles. The number of carbonyl (C=O) groups excluding carboxylic acids is 1. The lowest BCUT2D eigenvalue weighted by molar-refractivity contribution is -0.121. The van der Waals surface area contributed by atoms with Crippen molar-refractivity contribution in [1.29, 1.82) is 0 Å². The van der Waals surface area contributed by atoms with Crippen molar-refractivity contribution in [1.82, 2.24) is 10.6 Å². The van der Waals surface area contributed by atoms with Crippen LogP contribution in [-0.4, -0.2) is 12.1 Å². The normalized spacial score (nSPS) is 25.1. The van der Waals surface area contributed by atoms with Gasteiger partial charge in [0.1, 0.15) is 0 Å². The van der Waals surface area contributed by atoms with Gasteiger partial charge in [-0.2, -0.15) is 0 Å². The Bertz CT molecular complexity index is 156. The second-order valence-electron chi connectivity index (χ2n) is 2.74. The standard InChI is InChI=1S/C8H14N2O/c1-2-9-7-5-3-4-6-8(11)10-7/h2,7,9H,1,3-6H2,(H,10,11). The van der Waals surface area contributed by atoms with E-state index in [0.717, 1.165) is 19.3 Å². The SMILES string of the molecule is C=CNC1CCCCC(=O)N1. The molecule has 0 radical (unpaired) electrons. The molecule has 11 heavy (non-hydrogen) atoms. The first-order chi connectivity index (χ1) is 5.33. The number of rotatable bonds is 2. The van der Waals surface area contributed by atoms with Gasteiger partial charge in [0.25, 0.3) is 0 Å². The Morgan fingerprint density at radius 1 is 1.64 bits per heavy atom. The average Bonchev–Trinajstić information content (AvgIpc) is 2.15. The van der Waals surface area contributed by atoms with E-state index in [2.05, 4.69) is 17.2 Å². The molecule has 1 unspecified atom stereocenters. The fourth-order valence-corrected chi connectivity index (χ4v) is 1.24. The molecule has 1 rings (SSSR count). The number of amides is 1. The smallest absolute Gasteiger partial charge is 0.221 e. The summed E-state index contributed by atoms with van der Waals surface area (Å²) in [5.74, 6) is 0.141. The lowest BCUT2D eigenvalue weighted by Crippen LogP contribution is -2.41. The van der Waals surface area contributed by atoms with Crippen LogP contribution >= 0.6 is 0 Å². The molecule has 2 N–H and O–H groups in total. The Labute approximate surface area is 66.9 Å². The molecular weight excluding hydrogens is 140 g/mol. The van der Waals surface area contributed by atoms with Crippen LogP contribution in [0.3, 0.4) is 0 Å². The largest absolute Gasteiger partial charge is 0.372 e. The van der Waals surface area contributed by atoms with E-state index >= 15 is 0 Å². The van der Waals surface area contributed by atoms with E-state index in [4.69, 9.17) is 0 Å². The summed E-state index contributed by atoms with van der Waals surface area (Å²) in [6.07, 6.45) is 5.48. The van der Waals surface area contributed by atoms with Crippen molar-refractivity contribution < 1.29 is 4.79 Å². The molecule has 1 fully saturated rings. The average molecular weight is 154 g/mol. The van der Waals surface area contributed by atoms with Crippen LogP contribution in [0.15, 0.2) is 12.8 Å². The van der Waals surface area contributed by atoms with Crippen LogP contribution < -0.4 is 10.6 Å². The Hall–Kier alpha value is -0.990. The molecule has 0 aromatic rings. The highest BCUT2D eigenvalue weighted by molar-refractivity contribution is 5.76. The summed E-state index contributed by atoms with van der Waals surface area (Å²) < 4.78 is 0. The lowest BCUT2D eigenvalue weighted by atomic mass is 10.2. The first-order valence-electron chi connectivity index (χ1n) is 3.99. The van der Waals surface area contributed by atoms with Crippen LogP contribution in [0.5, 0.6) is 0 Å². The van der Waals surface area contributed by atoms with Gasteiger partial charge < -0.3 is 10.6 Å².